The fourth-order valence-corrected chi connectivity index (χ4v) is 4.10. The van der Waals surface area contributed by atoms with Gasteiger partial charge in [0.25, 0.3) is 0 Å². The molecule has 0 bridgehead atoms. The number of aromatic amines is 1. The van der Waals surface area contributed by atoms with E-state index in [1.165, 1.54) is 18.3 Å². The lowest BCUT2D eigenvalue weighted by Crippen LogP contribution is -2.43. The minimum atomic E-state index is -4.82. The van der Waals surface area contributed by atoms with Gasteiger partial charge in [-0.15, -0.1) is 0 Å². The summed E-state index contributed by atoms with van der Waals surface area (Å²) in [5, 5.41) is 8.63. The lowest BCUT2D eigenvalue weighted by molar-refractivity contribution is -0.153. The van der Waals surface area contributed by atoms with Crippen LogP contribution in [-0.2, 0) is 10.9 Å². The zero-order valence-corrected chi connectivity index (χ0v) is 20.2. The Bertz CT molecular complexity index is 1300. The van der Waals surface area contributed by atoms with Crippen molar-refractivity contribution in [3.63, 3.8) is 0 Å². The van der Waals surface area contributed by atoms with Crippen molar-refractivity contribution in [1.82, 2.24) is 20.3 Å². The fraction of sp³-hybridized carbons (Fsp3) is 0.435. The number of hydrogen-bond donors (Lipinski definition) is 4. The van der Waals surface area contributed by atoms with E-state index in [-0.39, 0.29) is 34.1 Å². The molecule has 3 aromatic rings. The highest BCUT2D eigenvalue weighted by Gasteiger charge is 2.37. The number of rotatable bonds is 6. The van der Waals surface area contributed by atoms with Crippen molar-refractivity contribution in [1.29, 1.82) is 0 Å². The minimum Gasteiger partial charge on any atom is -0.480 e. The van der Waals surface area contributed by atoms with E-state index >= 15 is 0 Å². The van der Waals surface area contributed by atoms with Crippen LogP contribution in [0.5, 0.6) is 5.75 Å². The maximum absolute atomic E-state index is 13.9. The van der Waals surface area contributed by atoms with Gasteiger partial charge in [0.15, 0.2) is 12.4 Å². The van der Waals surface area contributed by atoms with Crippen LogP contribution in [0.2, 0.25) is 0 Å². The number of aromatic nitrogens is 3. The number of H-pyrrole nitrogens is 1. The van der Waals surface area contributed by atoms with Crippen molar-refractivity contribution >= 4 is 28.6 Å². The predicted octanol–water partition coefficient (Wildman–Crippen LogP) is 5.32. The monoisotopic (exact) mass is 546 g/mol. The molecule has 4 N–H and O–H groups in total. The molecule has 1 fully saturated rings. The number of carbonyl (C=O) groups is 1. The van der Waals surface area contributed by atoms with Gasteiger partial charge in [-0.05, 0) is 31.9 Å². The Hall–Kier alpha value is -3.75. The molecule has 0 radical (unpaired) electrons. The lowest BCUT2D eigenvalue weighted by atomic mass is 10.0. The number of nitrogens with one attached hydrogen (secondary N) is 4. The number of hydrogen-bond acceptors (Lipinski definition) is 7. The first kappa shape index (κ1) is 27.3. The van der Waals surface area contributed by atoms with E-state index in [1.54, 1.807) is 0 Å². The second-order valence-corrected chi connectivity index (χ2v) is 8.77. The van der Waals surface area contributed by atoms with Crippen LogP contribution < -0.4 is 20.7 Å². The van der Waals surface area contributed by atoms with Gasteiger partial charge in [0.2, 0.25) is 5.95 Å². The van der Waals surface area contributed by atoms with Crippen LogP contribution >= 0.6 is 0 Å². The Morgan fingerprint density at radius 2 is 1.95 bits per heavy atom. The van der Waals surface area contributed by atoms with Gasteiger partial charge >= 0.3 is 18.4 Å². The maximum Gasteiger partial charge on any atom is 0.422 e. The highest BCUT2D eigenvalue weighted by molar-refractivity contribution is 6.03. The second kappa shape index (κ2) is 10.6. The number of anilines is 2. The molecule has 1 aromatic carbocycles. The SMILES string of the molecule is COC(=O)Nc1ccc2c(-c3nc(N[C@H]4CC[C@H](C)NC4)ncc3C(F)(F)F)c[nH]c2c1OCC(F)(F)F. The molecule has 1 aliphatic heterocycles. The van der Waals surface area contributed by atoms with E-state index in [0.29, 0.717) is 18.8 Å². The van der Waals surface area contributed by atoms with Gasteiger partial charge in [0.1, 0.15) is 5.56 Å². The fourth-order valence-electron chi connectivity index (χ4n) is 4.10. The molecule has 3 heterocycles. The van der Waals surface area contributed by atoms with Gasteiger partial charge in [-0.25, -0.2) is 14.8 Å². The molecule has 38 heavy (non-hydrogen) atoms. The van der Waals surface area contributed by atoms with Gasteiger partial charge in [-0.1, -0.05) is 0 Å². The van der Waals surface area contributed by atoms with E-state index in [4.69, 9.17) is 4.74 Å². The van der Waals surface area contributed by atoms with E-state index in [1.807, 2.05) is 6.92 Å². The summed E-state index contributed by atoms with van der Waals surface area (Å²) in [4.78, 5) is 22.4. The molecule has 2 aromatic heterocycles. The standard InChI is InChI=1S/C23H24F6N6O3/c1-11-3-4-12(7-30-11)33-20-32-9-15(23(27,28)29)17(35-20)14-8-31-18-13(14)5-6-16(34-21(36)37-2)19(18)38-10-22(24,25)26/h5-6,8-9,11-12,30-31H,3-4,7,10H2,1-2H3,(H,34,36)(H,32,33,35)/t11-,12-/m0/s1. The molecule has 1 saturated heterocycles. The summed E-state index contributed by atoms with van der Waals surface area (Å²) in [5.41, 5.74) is -1.91. The van der Waals surface area contributed by atoms with Crippen molar-refractivity contribution in [3.8, 4) is 17.0 Å². The molecule has 0 saturated carbocycles. The Labute approximate surface area is 212 Å². The topological polar surface area (TPSA) is 113 Å². The number of ether oxygens (including phenoxy) is 2. The van der Waals surface area contributed by atoms with Crippen molar-refractivity contribution in [2.24, 2.45) is 0 Å². The summed E-state index contributed by atoms with van der Waals surface area (Å²) in [6.07, 6.45) is -7.06. The van der Waals surface area contributed by atoms with E-state index in [9.17, 15) is 31.1 Å². The van der Waals surface area contributed by atoms with Crippen LogP contribution in [0.25, 0.3) is 22.2 Å². The normalized spacial score (nSPS) is 18.3. The van der Waals surface area contributed by atoms with Crippen LogP contribution in [0, 0.1) is 0 Å². The number of alkyl halides is 6. The van der Waals surface area contributed by atoms with Gasteiger partial charge in [0, 0.05) is 42.0 Å². The average Bonchev–Trinajstić information content (AvgIpc) is 3.27. The smallest absolute Gasteiger partial charge is 0.422 e. The van der Waals surface area contributed by atoms with E-state index in [2.05, 4.69) is 35.6 Å². The molecule has 4 rings (SSSR count). The van der Waals surface area contributed by atoms with Crippen LogP contribution in [0.4, 0.5) is 42.8 Å². The van der Waals surface area contributed by atoms with Crippen molar-refractivity contribution in [3.05, 3.63) is 30.1 Å². The van der Waals surface area contributed by atoms with Gasteiger partial charge in [0.05, 0.1) is 24.0 Å². The molecule has 2 atom stereocenters. The summed E-state index contributed by atoms with van der Waals surface area (Å²) in [5.74, 6) is -0.457. The maximum atomic E-state index is 13.9. The lowest BCUT2D eigenvalue weighted by Gasteiger charge is -2.28. The summed E-state index contributed by atoms with van der Waals surface area (Å²) in [7, 11) is 1.06. The third-order valence-corrected chi connectivity index (χ3v) is 5.95. The van der Waals surface area contributed by atoms with E-state index in [0.717, 1.165) is 20.0 Å². The number of methoxy groups -OCH3 is 1. The number of piperidine rings is 1. The number of benzene rings is 1. The molecule has 9 nitrogen and oxygen atoms in total. The summed E-state index contributed by atoms with van der Waals surface area (Å²) in [6, 6.07) is 2.74. The van der Waals surface area contributed by atoms with E-state index < -0.39 is 42.1 Å². The highest BCUT2D eigenvalue weighted by atomic mass is 19.4. The Morgan fingerprint density at radius 3 is 2.58 bits per heavy atom. The quantitative estimate of drug-likeness (QED) is 0.310. The van der Waals surface area contributed by atoms with Gasteiger partial charge < -0.3 is 25.1 Å². The highest BCUT2D eigenvalue weighted by Crippen LogP contribution is 2.42. The van der Waals surface area contributed by atoms with Crippen LogP contribution in [-0.4, -0.2) is 59.6 Å². The van der Waals surface area contributed by atoms with Crippen LogP contribution in [0.3, 0.4) is 0 Å². The summed E-state index contributed by atoms with van der Waals surface area (Å²) < 4.78 is 89.9. The number of carbonyl (C=O) groups excluding carboxylic acids is 1. The summed E-state index contributed by atoms with van der Waals surface area (Å²) in [6.45, 7) is 0.891. The van der Waals surface area contributed by atoms with Crippen LogP contribution in [0.1, 0.15) is 25.3 Å². The zero-order chi connectivity index (χ0) is 27.7. The number of amides is 1. The molecular weight excluding hydrogens is 522 g/mol. The molecule has 15 heteroatoms. The first-order valence-electron chi connectivity index (χ1n) is 11.5. The first-order chi connectivity index (χ1) is 17.9. The van der Waals surface area contributed by atoms with Gasteiger partial charge in [-0.3, -0.25) is 5.32 Å². The summed E-state index contributed by atoms with van der Waals surface area (Å²) >= 11 is 0. The predicted molar refractivity (Wildman–Crippen MR) is 126 cm³/mol. The molecular formula is C23H24F6N6O3. The number of fused-ring (bicyclic) bond motifs is 1. The Kier molecular flexibility index (Phi) is 7.58. The zero-order valence-electron chi connectivity index (χ0n) is 20.2. The molecule has 206 valence electrons. The van der Waals surface area contributed by atoms with Gasteiger partial charge in [-0.2, -0.15) is 26.3 Å². The number of halogens is 6. The largest absolute Gasteiger partial charge is 0.480 e. The third kappa shape index (κ3) is 6.20. The first-order valence-corrected chi connectivity index (χ1v) is 11.5. The molecule has 1 amide bonds. The van der Waals surface area contributed by atoms with Crippen molar-refractivity contribution in [2.75, 3.05) is 30.9 Å². The molecule has 1 aliphatic rings. The molecule has 0 aliphatic carbocycles. The second-order valence-electron chi connectivity index (χ2n) is 8.77. The Balaban J connectivity index is 1.79. The molecule has 0 unspecified atom stereocenters. The minimum absolute atomic E-state index is 0.0266. The number of nitrogens with zero attached hydrogens (tertiary/aromatic N) is 2. The third-order valence-electron chi connectivity index (χ3n) is 5.95. The molecule has 0 spiro atoms. The average molecular weight is 546 g/mol. The van der Waals surface area contributed by atoms with Crippen LogP contribution in [0.15, 0.2) is 24.5 Å². The van der Waals surface area contributed by atoms with Crippen molar-refractivity contribution < 1.29 is 40.6 Å². The van der Waals surface area contributed by atoms with Crippen molar-refractivity contribution in [2.45, 2.75) is 44.2 Å². The Morgan fingerprint density at radius 1 is 1.18 bits per heavy atom.